The molecule has 0 unspecified atom stereocenters. The number of rotatable bonds is 1. The van der Waals surface area contributed by atoms with Crippen LogP contribution in [0.25, 0.3) is 11.3 Å². The lowest BCUT2D eigenvalue weighted by atomic mass is 10.1. The van der Waals surface area contributed by atoms with Crippen LogP contribution in [0.3, 0.4) is 0 Å². The van der Waals surface area contributed by atoms with E-state index in [4.69, 9.17) is 5.26 Å². The zero-order valence-corrected chi connectivity index (χ0v) is 7.18. The van der Waals surface area contributed by atoms with Crippen LogP contribution < -0.4 is 0 Å². The lowest BCUT2D eigenvalue weighted by molar-refractivity contribution is 1.18. The summed E-state index contributed by atoms with van der Waals surface area (Å²) < 4.78 is 0. The molecule has 0 bridgehead atoms. The van der Waals surface area contributed by atoms with Crippen molar-refractivity contribution in [2.24, 2.45) is 0 Å². The van der Waals surface area contributed by atoms with Crippen molar-refractivity contribution in [3.05, 3.63) is 42.6 Å². The van der Waals surface area contributed by atoms with Crippen LogP contribution in [-0.2, 0) is 0 Å². The van der Waals surface area contributed by atoms with Crippen LogP contribution in [0, 0.1) is 17.5 Å². The maximum Gasteiger partial charge on any atom is 0.109 e. The van der Waals surface area contributed by atoms with Crippen LogP contribution in [0.1, 0.15) is 5.56 Å². The SMILES string of the molecule is N#Cc1cnccc1-c1cnc[c]n1. The van der Waals surface area contributed by atoms with E-state index in [1.165, 1.54) is 12.4 Å². The van der Waals surface area contributed by atoms with E-state index >= 15 is 0 Å². The molecule has 14 heavy (non-hydrogen) atoms. The van der Waals surface area contributed by atoms with E-state index in [2.05, 4.69) is 21.1 Å². The molecule has 0 spiro atoms. The van der Waals surface area contributed by atoms with Gasteiger partial charge in [-0.25, -0.2) is 4.98 Å². The van der Waals surface area contributed by atoms with Gasteiger partial charge in [0, 0.05) is 18.0 Å². The normalized spacial score (nSPS) is 9.36. The number of hydrogen-bond acceptors (Lipinski definition) is 4. The molecule has 2 aromatic rings. The van der Waals surface area contributed by atoms with E-state index < -0.39 is 0 Å². The summed E-state index contributed by atoms with van der Waals surface area (Å²) >= 11 is 0. The van der Waals surface area contributed by atoms with Crippen LogP contribution in [0.2, 0.25) is 0 Å². The first kappa shape index (κ1) is 8.32. The molecule has 2 aromatic heterocycles. The highest BCUT2D eigenvalue weighted by atomic mass is 14.8. The number of pyridine rings is 1. The van der Waals surface area contributed by atoms with Crippen LogP contribution in [0.15, 0.2) is 30.9 Å². The minimum atomic E-state index is 0.487. The molecule has 1 radical (unpaired) electrons. The first-order chi connectivity index (χ1) is 6.92. The van der Waals surface area contributed by atoms with Gasteiger partial charge in [-0.2, -0.15) is 5.26 Å². The molecule has 0 atom stereocenters. The Bertz CT molecular complexity index is 473. The Morgan fingerprint density at radius 1 is 1.29 bits per heavy atom. The van der Waals surface area contributed by atoms with Crippen molar-refractivity contribution in [2.75, 3.05) is 0 Å². The Kier molecular flexibility index (Phi) is 2.15. The Hall–Kier alpha value is -2.28. The Balaban J connectivity index is 2.58. The molecule has 65 valence electrons. The summed E-state index contributed by atoms with van der Waals surface area (Å²) in [7, 11) is 0. The maximum atomic E-state index is 8.83. The lowest BCUT2D eigenvalue weighted by Crippen LogP contribution is -1.89. The monoisotopic (exact) mass is 181 g/mol. The van der Waals surface area contributed by atoms with E-state index in [-0.39, 0.29) is 0 Å². The Morgan fingerprint density at radius 2 is 2.21 bits per heavy atom. The largest absolute Gasteiger partial charge is 0.263 e. The predicted octanol–water partition coefficient (Wildman–Crippen LogP) is 1.21. The van der Waals surface area contributed by atoms with Crippen molar-refractivity contribution >= 4 is 0 Å². The fourth-order valence-corrected chi connectivity index (χ4v) is 1.11. The number of nitrogens with zero attached hydrogens (tertiary/aromatic N) is 4. The molecule has 0 saturated carbocycles. The second-order valence-electron chi connectivity index (χ2n) is 2.57. The highest BCUT2D eigenvalue weighted by molar-refractivity contribution is 5.65. The fraction of sp³-hybridized carbons (Fsp3) is 0. The Labute approximate surface area is 80.9 Å². The van der Waals surface area contributed by atoms with E-state index in [9.17, 15) is 0 Å². The first-order valence-electron chi connectivity index (χ1n) is 3.94. The van der Waals surface area contributed by atoms with Crippen LogP contribution >= 0.6 is 0 Å². The van der Waals surface area contributed by atoms with Gasteiger partial charge in [0.2, 0.25) is 0 Å². The fourth-order valence-electron chi connectivity index (χ4n) is 1.11. The van der Waals surface area contributed by atoms with E-state index in [0.717, 1.165) is 5.56 Å². The number of aromatic nitrogens is 3. The second-order valence-corrected chi connectivity index (χ2v) is 2.57. The molecule has 0 N–H and O–H groups in total. The number of hydrogen-bond donors (Lipinski definition) is 0. The number of nitriles is 1. The second kappa shape index (κ2) is 3.62. The van der Waals surface area contributed by atoms with Crippen molar-refractivity contribution in [3.63, 3.8) is 0 Å². The first-order valence-corrected chi connectivity index (χ1v) is 3.94. The lowest BCUT2D eigenvalue weighted by Gasteiger charge is -1.99. The molecule has 0 aliphatic heterocycles. The molecule has 0 fully saturated rings. The molecule has 4 nitrogen and oxygen atoms in total. The van der Waals surface area contributed by atoms with Crippen LogP contribution in [0.4, 0.5) is 0 Å². The molecule has 2 rings (SSSR count). The van der Waals surface area contributed by atoms with Gasteiger partial charge in [-0.1, -0.05) is 0 Å². The topological polar surface area (TPSA) is 62.5 Å². The Morgan fingerprint density at radius 3 is 2.93 bits per heavy atom. The predicted molar refractivity (Wildman–Crippen MR) is 48.8 cm³/mol. The van der Waals surface area contributed by atoms with Gasteiger partial charge in [0.05, 0.1) is 23.7 Å². The molecule has 0 saturated heterocycles. The highest BCUT2D eigenvalue weighted by Gasteiger charge is 2.04. The van der Waals surface area contributed by atoms with Crippen LogP contribution in [0.5, 0.6) is 0 Å². The zero-order chi connectivity index (χ0) is 9.80. The van der Waals surface area contributed by atoms with Gasteiger partial charge >= 0.3 is 0 Å². The van der Waals surface area contributed by atoms with Gasteiger partial charge in [0.15, 0.2) is 0 Å². The molecular formula is C10H5N4. The van der Waals surface area contributed by atoms with Crippen molar-refractivity contribution in [1.29, 1.82) is 5.26 Å². The average Bonchev–Trinajstić information content (AvgIpc) is 2.30. The van der Waals surface area contributed by atoms with Crippen LogP contribution in [-0.4, -0.2) is 15.0 Å². The molecule has 0 aliphatic carbocycles. The van der Waals surface area contributed by atoms with Gasteiger partial charge in [-0.3, -0.25) is 9.97 Å². The van der Waals surface area contributed by atoms with Gasteiger partial charge in [-0.05, 0) is 6.07 Å². The summed E-state index contributed by atoms with van der Waals surface area (Å²) in [5.74, 6) is 0. The van der Waals surface area contributed by atoms with E-state index in [1.807, 2.05) is 6.07 Å². The molecule has 0 amide bonds. The minimum Gasteiger partial charge on any atom is -0.263 e. The van der Waals surface area contributed by atoms with Gasteiger partial charge in [-0.15, -0.1) is 0 Å². The van der Waals surface area contributed by atoms with E-state index in [1.54, 1.807) is 18.5 Å². The van der Waals surface area contributed by atoms with Crippen molar-refractivity contribution in [3.8, 4) is 17.3 Å². The summed E-state index contributed by atoms with van der Waals surface area (Å²) in [6.07, 6.45) is 8.80. The van der Waals surface area contributed by atoms with Gasteiger partial charge in [0.1, 0.15) is 12.3 Å². The van der Waals surface area contributed by atoms with Crippen molar-refractivity contribution < 1.29 is 0 Å². The third-order valence-electron chi connectivity index (χ3n) is 1.73. The summed E-state index contributed by atoms with van der Waals surface area (Å²) in [4.78, 5) is 11.7. The maximum absolute atomic E-state index is 8.83. The van der Waals surface area contributed by atoms with Gasteiger partial charge in [0.25, 0.3) is 0 Å². The molecule has 0 aliphatic rings. The minimum absolute atomic E-state index is 0.487. The highest BCUT2D eigenvalue weighted by Crippen LogP contribution is 2.18. The summed E-state index contributed by atoms with van der Waals surface area (Å²) in [5.41, 5.74) is 1.85. The standard InChI is InChI=1S/C10H5N4/c11-5-8-6-12-2-1-9(8)10-7-13-3-4-14-10/h1-3,6-7H. The molecule has 0 aromatic carbocycles. The van der Waals surface area contributed by atoms with Crippen molar-refractivity contribution in [2.45, 2.75) is 0 Å². The summed E-state index contributed by atoms with van der Waals surface area (Å²) in [5, 5.41) is 8.83. The summed E-state index contributed by atoms with van der Waals surface area (Å²) in [6, 6.07) is 3.78. The zero-order valence-electron chi connectivity index (χ0n) is 7.18. The summed E-state index contributed by atoms with van der Waals surface area (Å²) in [6.45, 7) is 0. The van der Waals surface area contributed by atoms with Crippen molar-refractivity contribution in [1.82, 2.24) is 15.0 Å². The third-order valence-corrected chi connectivity index (χ3v) is 1.73. The molecule has 4 heteroatoms. The average molecular weight is 181 g/mol. The van der Waals surface area contributed by atoms with Gasteiger partial charge < -0.3 is 0 Å². The van der Waals surface area contributed by atoms with E-state index in [0.29, 0.717) is 11.3 Å². The molecule has 2 heterocycles. The smallest absolute Gasteiger partial charge is 0.109 e. The molecular weight excluding hydrogens is 176 g/mol. The third kappa shape index (κ3) is 1.43. The quantitative estimate of drug-likeness (QED) is 0.663.